The zero-order chi connectivity index (χ0) is 19.4. The van der Waals surface area contributed by atoms with Crippen LogP contribution < -0.4 is 10.2 Å². The Kier molecular flexibility index (Phi) is 5.52. The molecule has 2 amide bonds. The first kappa shape index (κ1) is 18.6. The lowest BCUT2D eigenvalue weighted by molar-refractivity contribution is -0.151. The predicted molar refractivity (Wildman–Crippen MR) is 100 cm³/mol. The highest BCUT2D eigenvalue weighted by Crippen LogP contribution is 2.26. The number of esters is 1. The minimum Gasteiger partial charge on any atom is -0.455 e. The van der Waals surface area contributed by atoms with E-state index in [0.717, 1.165) is 11.3 Å². The number of thiophene rings is 1. The lowest BCUT2D eigenvalue weighted by atomic mass is 10.1. The Balaban J connectivity index is 1.53. The molecule has 0 unspecified atom stereocenters. The first-order valence-electron chi connectivity index (χ1n) is 8.29. The number of hydrogen-bond donors (Lipinski definition) is 1. The molecular formula is C19H17N3O4S. The third-order valence-electron chi connectivity index (χ3n) is 4.19. The molecule has 27 heavy (non-hydrogen) atoms. The van der Waals surface area contributed by atoms with Crippen molar-refractivity contribution >= 4 is 39.8 Å². The number of hydrogen-bond acceptors (Lipinski definition) is 6. The maximum Gasteiger partial charge on any atom is 0.311 e. The average molecular weight is 383 g/mol. The van der Waals surface area contributed by atoms with Crippen LogP contribution in [0, 0.1) is 24.2 Å². The number of rotatable bonds is 5. The van der Waals surface area contributed by atoms with E-state index in [-0.39, 0.29) is 18.9 Å². The summed E-state index contributed by atoms with van der Waals surface area (Å²) >= 11 is 1.21. The fraction of sp³-hybridized carbons (Fsp3) is 0.263. The molecule has 1 aromatic heterocycles. The number of anilines is 2. The van der Waals surface area contributed by atoms with E-state index in [1.165, 1.54) is 11.3 Å². The standard InChI is InChI=1S/C19H17N3O4S/c1-12-2-4-15(5-3-12)22-10-14(8-17(22)24)19(25)26-11-16(23)21-18-13(9-20)6-7-27-18/h2-7,14H,8,10-11H2,1H3,(H,21,23)/t14-/m0/s1. The van der Waals surface area contributed by atoms with Crippen LogP contribution in [0.3, 0.4) is 0 Å². The maximum absolute atomic E-state index is 12.2. The number of amides is 2. The van der Waals surface area contributed by atoms with Gasteiger partial charge < -0.3 is 15.0 Å². The van der Waals surface area contributed by atoms with E-state index in [1.807, 2.05) is 37.3 Å². The van der Waals surface area contributed by atoms with Crippen molar-refractivity contribution in [2.75, 3.05) is 23.4 Å². The van der Waals surface area contributed by atoms with Gasteiger partial charge in [-0.3, -0.25) is 14.4 Å². The van der Waals surface area contributed by atoms with E-state index in [4.69, 9.17) is 10.00 Å². The van der Waals surface area contributed by atoms with Gasteiger partial charge in [-0.15, -0.1) is 11.3 Å². The lowest BCUT2D eigenvalue weighted by Crippen LogP contribution is -2.28. The highest BCUT2D eigenvalue weighted by atomic mass is 32.1. The summed E-state index contributed by atoms with van der Waals surface area (Å²) in [7, 11) is 0. The van der Waals surface area contributed by atoms with Crippen molar-refractivity contribution in [3.8, 4) is 6.07 Å². The highest BCUT2D eigenvalue weighted by Gasteiger charge is 2.36. The Morgan fingerprint density at radius 3 is 2.78 bits per heavy atom. The molecule has 8 heteroatoms. The van der Waals surface area contributed by atoms with E-state index < -0.39 is 24.4 Å². The number of carbonyl (C=O) groups excluding carboxylic acids is 3. The monoisotopic (exact) mass is 383 g/mol. The molecule has 1 atom stereocenters. The van der Waals surface area contributed by atoms with Crippen molar-refractivity contribution < 1.29 is 19.1 Å². The Morgan fingerprint density at radius 1 is 1.33 bits per heavy atom. The summed E-state index contributed by atoms with van der Waals surface area (Å²) in [6.45, 7) is 1.72. The van der Waals surface area contributed by atoms with E-state index >= 15 is 0 Å². The van der Waals surface area contributed by atoms with Gasteiger partial charge in [-0.2, -0.15) is 5.26 Å². The van der Waals surface area contributed by atoms with Crippen LogP contribution in [0.15, 0.2) is 35.7 Å². The third-order valence-corrected chi connectivity index (χ3v) is 5.02. The van der Waals surface area contributed by atoms with Crippen molar-refractivity contribution in [1.82, 2.24) is 0 Å². The summed E-state index contributed by atoms with van der Waals surface area (Å²) in [6.07, 6.45) is 0.0534. The fourth-order valence-corrected chi connectivity index (χ4v) is 3.50. The smallest absolute Gasteiger partial charge is 0.311 e. The van der Waals surface area contributed by atoms with E-state index in [2.05, 4.69) is 5.32 Å². The predicted octanol–water partition coefficient (Wildman–Crippen LogP) is 2.46. The molecule has 138 valence electrons. The van der Waals surface area contributed by atoms with E-state index in [9.17, 15) is 14.4 Å². The van der Waals surface area contributed by atoms with Crippen molar-refractivity contribution in [3.63, 3.8) is 0 Å². The van der Waals surface area contributed by atoms with Gasteiger partial charge >= 0.3 is 5.97 Å². The van der Waals surface area contributed by atoms with E-state index in [0.29, 0.717) is 10.6 Å². The molecule has 1 aliphatic heterocycles. The van der Waals surface area contributed by atoms with Crippen LogP contribution in [0.5, 0.6) is 0 Å². The van der Waals surface area contributed by atoms with Crippen LogP contribution in [0.2, 0.25) is 0 Å². The second-order valence-corrected chi connectivity index (χ2v) is 7.09. The van der Waals surface area contributed by atoms with Gasteiger partial charge in [0.15, 0.2) is 6.61 Å². The van der Waals surface area contributed by atoms with E-state index in [1.54, 1.807) is 16.3 Å². The Labute approximate surface area is 160 Å². The van der Waals surface area contributed by atoms with Crippen molar-refractivity contribution in [3.05, 3.63) is 46.8 Å². The summed E-state index contributed by atoms with van der Waals surface area (Å²) in [5.74, 6) is -1.87. The zero-order valence-electron chi connectivity index (χ0n) is 14.6. The SMILES string of the molecule is Cc1ccc(N2C[C@@H](C(=O)OCC(=O)Nc3sccc3C#N)CC2=O)cc1. The van der Waals surface area contributed by atoms with Crippen LogP contribution in [-0.2, 0) is 19.1 Å². The first-order valence-corrected chi connectivity index (χ1v) is 9.17. The van der Waals surface area contributed by atoms with Crippen molar-refractivity contribution in [2.24, 2.45) is 5.92 Å². The molecule has 0 spiro atoms. The third kappa shape index (κ3) is 4.33. The summed E-state index contributed by atoms with van der Waals surface area (Å²) in [5.41, 5.74) is 2.17. The molecule has 1 aromatic carbocycles. The van der Waals surface area contributed by atoms with Crippen molar-refractivity contribution in [1.29, 1.82) is 5.26 Å². The van der Waals surface area contributed by atoms with Gasteiger partial charge in [0.05, 0.1) is 11.5 Å². The van der Waals surface area contributed by atoms with Crippen LogP contribution >= 0.6 is 11.3 Å². The Bertz CT molecular complexity index is 914. The number of carbonyl (C=O) groups is 3. The Morgan fingerprint density at radius 2 is 2.07 bits per heavy atom. The Hall–Kier alpha value is -3.18. The second kappa shape index (κ2) is 8.01. The molecule has 1 aliphatic rings. The van der Waals surface area contributed by atoms with Gasteiger partial charge in [-0.05, 0) is 30.5 Å². The molecule has 2 heterocycles. The number of aryl methyl sites for hydroxylation is 1. The number of nitriles is 1. The van der Waals surface area contributed by atoms with Crippen LogP contribution in [0.1, 0.15) is 17.5 Å². The summed E-state index contributed by atoms with van der Waals surface area (Å²) < 4.78 is 5.05. The molecule has 0 aliphatic carbocycles. The maximum atomic E-state index is 12.2. The minimum atomic E-state index is -0.608. The van der Waals surface area contributed by atoms with Gasteiger partial charge in [0.25, 0.3) is 5.91 Å². The molecule has 3 rings (SSSR count). The van der Waals surface area contributed by atoms with Gasteiger partial charge in [0.1, 0.15) is 11.1 Å². The fourth-order valence-electron chi connectivity index (χ4n) is 2.75. The summed E-state index contributed by atoms with van der Waals surface area (Å²) in [6, 6.07) is 11.0. The molecule has 1 saturated heterocycles. The van der Waals surface area contributed by atoms with Crippen LogP contribution in [0.4, 0.5) is 10.7 Å². The first-order chi connectivity index (χ1) is 13.0. The molecule has 2 aromatic rings. The number of ether oxygens (including phenoxy) is 1. The van der Waals surface area contributed by atoms with Gasteiger partial charge in [0, 0.05) is 18.7 Å². The molecule has 1 N–H and O–H groups in total. The lowest BCUT2D eigenvalue weighted by Gasteiger charge is -2.16. The van der Waals surface area contributed by atoms with Crippen molar-refractivity contribution in [2.45, 2.75) is 13.3 Å². The normalized spacial score (nSPS) is 16.1. The second-order valence-electron chi connectivity index (χ2n) is 6.17. The minimum absolute atomic E-state index is 0.0534. The highest BCUT2D eigenvalue weighted by molar-refractivity contribution is 7.14. The molecule has 0 bridgehead atoms. The molecule has 0 saturated carbocycles. The number of nitrogens with one attached hydrogen (secondary N) is 1. The number of benzene rings is 1. The molecule has 1 fully saturated rings. The topological polar surface area (TPSA) is 99.5 Å². The summed E-state index contributed by atoms with van der Waals surface area (Å²) in [5, 5.41) is 13.6. The molecule has 0 radical (unpaired) electrons. The number of nitrogens with zero attached hydrogens (tertiary/aromatic N) is 2. The molecule has 7 nitrogen and oxygen atoms in total. The largest absolute Gasteiger partial charge is 0.455 e. The van der Waals surface area contributed by atoms with Gasteiger partial charge in [0.2, 0.25) is 5.91 Å². The summed E-state index contributed by atoms with van der Waals surface area (Å²) in [4.78, 5) is 37.9. The van der Waals surface area contributed by atoms with Crippen LogP contribution in [0.25, 0.3) is 0 Å². The molecular weight excluding hydrogens is 366 g/mol. The zero-order valence-corrected chi connectivity index (χ0v) is 15.4. The van der Waals surface area contributed by atoms with Gasteiger partial charge in [-0.1, -0.05) is 17.7 Å². The van der Waals surface area contributed by atoms with Crippen LogP contribution in [-0.4, -0.2) is 30.9 Å². The average Bonchev–Trinajstić information content (AvgIpc) is 3.26. The van der Waals surface area contributed by atoms with Gasteiger partial charge in [-0.25, -0.2) is 0 Å². The quantitative estimate of drug-likeness (QED) is 0.800.